The molecule has 0 aromatic heterocycles. The smallest absolute Gasteiger partial charge is 0.349 e. The fraction of sp³-hybridized carbons (Fsp3) is 0.148. The number of carbonyl (C=O) groups is 5. The molecule has 0 aliphatic carbocycles. The van der Waals surface area contributed by atoms with Gasteiger partial charge in [-0.25, -0.2) is 14.4 Å². The van der Waals surface area contributed by atoms with Crippen molar-refractivity contribution in [3.8, 4) is 11.5 Å². The van der Waals surface area contributed by atoms with E-state index in [-0.39, 0.29) is 33.9 Å². The van der Waals surface area contributed by atoms with Crippen LogP contribution in [-0.2, 0) is 19.1 Å². The maximum absolute atomic E-state index is 13.1. The SMILES string of the molecule is COc1cccc(C(=O)O[C@H](C(=O)O)[C@@H](OC(=O)c2cccc(OC)c2)C(=O)NNC(=O)c2ccc([N+](=O)[O-])cc2)c1. The van der Waals surface area contributed by atoms with Gasteiger partial charge in [0.2, 0.25) is 12.2 Å². The van der Waals surface area contributed by atoms with Gasteiger partial charge >= 0.3 is 17.9 Å². The largest absolute Gasteiger partial charge is 0.497 e. The van der Waals surface area contributed by atoms with E-state index in [9.17, 15) is 39.2 Å². The first-order chi connectivity index (χ1) is 20.0. The number of carboxylic acids is 1. The monoisotopic (exact) mass is 581 g/mol. The van der Waals surface area contributed by atoms with E-state index in [1.807, 2.05) is 10.9 Å². The molecule has 0 aliphatic rings. The number of amides is 2. The van der Waals surface area contributed by atoms with Crippen molar-refractivity contribution in [1.82, 2.24) is 10.9 Å². The van der Waals surface area contributed by atoms with Crippen molar-refractivity contribution in [3.63, 3.8) is 0 Å². The first kappa shape index (κ1) is 30.6. The molecule has 0 unspecified atom stereocenters. The number of nitro groups is 1. The highest BCUT2D eigenvalue weighted by Crippen LogP contribution is 2.19. The van der Waals surface area contributed by atoms with Crippen molar-refractivity contribution in [3.05, 3.63) is 99.6 Å². The molecule has 0 bridgehead atoms. The Balaban J connectivity index is 1.86. The normalized spacial score (nSPS) is 11.7. The van der Waals surface area contributed by atoms with E-state index in [1.54, 1.807) is 0 Å². The van der Waals surface area contributed by atoms with Gasteiger partial charge in [0.1, 0.15) is 11.5 Å². The molecule has 2 amide bonds. The number of nitrogens with one attached hydrogen (secondary N) is 2. The number of aliphatic carboxylic acids is 1. The molecular weight excluding hydrogens is 558 g/mol. The first-order valence-electron chi connectivity index (χ1n) is 11.8. The van der Waals surface area contributed by atoms with Crippen LogP contribution in [0.4, 0.5) is 5.69 Å². The Hall–Kier alpha value is -5.99. The minimum absolute atomic E-state index is 0.106. The third kappa shape index (κ3) is 7.78. The summed E-state index contributed by atoms with van der Waals surface area (Å²) in [4.78, 5) is 73.5. The molecule has 0 radical (unpaired) electrons. The molecule has 0 saturated carbocycles. The van der Waals surface area contributed by atoms with Gasteiger partial charge in [0.05, 0.1) is 30.3 Å². The zero-order valence-corrected chi connectivity index (χ0v) is 22.0. The van der Waals surface area contributed by atoms with Crippen LogP contribution in [0.1, 0.15) is 31.1 Å². The summed E-state index contributed by atoms with van der Waals surface area (Å²) < 4.78 is 20.3. The van der Waals surface area contributed by atoms with Crippen molar-refractivity contribution < 1.29 is 52.9 Å². The zero-order valence-electron chi connectivity index (χ0n) is 22.0. The lowest BCUT2D eigenvalue weighted by Gasteiger charge is -2.23. The Kier molecular flexibility index (Phi) is 10.1. The molecule has 15 nitrogen and oxygen atoms in total. The van der Waals surface area contributed by atoms with Crippen LogP contribution in [0.2, 0.25) is 0 Å². The fourth-order valence-electron chi connectivity index (χ4n) is 3.36. The minimum atomic E-state index is -2.38. The molecule has 2 atom stereocenters. The predicted molar refractivity (Wildman–Crippen MR) is 141 cm³/mol. The molecular formula is C27H23N3O12. The maximum atomic E-state index is 13.1. The van der Waals surface area contributed by atoms with Crippen LogP contribution in [0.15, 0.2) is 72.8 Å². The number of carbonyl (C=O) groups excluding carboxylic acids is 4. The van der Waals surface area contributed by atoms with Crippen LogP contribution in [0, 0.1) is 10.1 Å². The number of benzene rings is 3. The number of nitro benzene ring substituents is 1. The molecule has 0 saturated heterocycles. The second-order valence-electron chi connectivity index (χ2n) is 8.20. The molecule has 0 spiro atoms. The van der Waals surface area contributed by atoms with Crippen LogP contribution in [0.5, 0.6) is 11.5 Å². The summed E-state index contributed by atoms with van der Waals surface area (Å²) in [5, 5.41) is 20.7. The van der Waals surface area contributed by atoms with E-state index in [4.69, 9.17) is 18.9 Å². The maximum Gasteiger partial charge on any atom is 0.349 e. The number of carboxylic acid groups (broad SMARTS) is 1. The first-order valence-corrected chi connectivity index (χ1v) is 11.8. The summed E-state index contributed by atoms with van der Waals surface area (Å²) in [7, 11) is 2.68. The van der Waals surface area contributed by atoms with Gasteiger partial charge in [-0.15, -0.1) is 0 Å². The zero-order chi connectivity index (χ0) is 30.8. The highest BCUT2D eigenvalue weighted by molar-refractivity contribution is 5.99. The lowest BCUT2D eigenvalue weighted by molar-refractivity contribution is -0.384. The van der Waals surface area contributed by atoms with E-state index >= 15 is 0 Å². The van der Waals surface area contributed by atoms with Gasteiger partial charge in [0, 0.05) is 17.7 Å². The van der Waals surface area contributed by atoms with Gasteiger partial charge < -0.3 is 24.1 Å². The van der Waals surface area contributed by atoms with Gasteiger partial charge in [-0.3, -0.25) is 30.6 Å². The number of hydrogen-bond acceptors (Lipinski definition) is 11. The Bertz CT molecular complexity index is 1510. The van der Waals surface area contributed by atoms with E-state index < -0.39 is 46.9 Å². The fourth-order valence-corrected chi connectivity index (χ4v) is 3.36. The van der Waals surface area contributed by atoms with Crippen molar-refractivity contribution in [2.75, 3.05) is 14.2 Å². The number of nitrogens with zero attached hydrogens (tertiary/aromatic N) is 1. The van der Waals surface area contributed by atoms with Crippen molar-refractivity contribution in [1.29, 1.82) is 0 Å². The van der Waals surface area contributed by atoms with E-state index in [1.165, 1.54) is 62.8 Å². The van der Waals surface area contributed by atoms with Crippen LogP contribution >= 0.6 is 0 Å². The third-order valence-electron chi connectivity index (χ3n) is 5.50. The van der Waals surface area contributed by atoms with Gasteiger partial charge in [0.15, 0.2) is 0 Å². The number of rotatable bonds is 11. The molecule has 15 heteroatoms. The predicted octanol–water partition coefficient (Wildman–Crippen LogP) is 1.91. The van der Waals surface area contributed by atoms with Crippen molar-refractivity contribution in [2.24, 2.45) is 0 Å². The summed E-state index contributed by atoms with van der Waals surface area (Å²) >= 11 is 0. The van der Waals surface area contributed by atoms with Crippen molar-refractivity contribution in [2.45, 2.75) is 12.2 Å². The van der Waals surface area contributed by atoms with E-state index in [0.717, 1.165) is 24.3 Å². The summed E-state index contributed by atoms with van der Waals surface area (Å²) in [5.41, 5.74) is 3.24. The quantitative estimate of drug-likeness (QED) is 0.168. The van der Waals surface area contributed by atoms with E-state index in [2.05, 4.69) is 0 Å². The molecule has 218 valence electrons. The van der Waals surface area contributed by atoms with Crippen LogP contribution in [-0.4, -0.2) is 66.2 Å². The Morgan fingerprint density at radius 1 is 0.738 bits per heavy atom. The highest BCUT2D eigenvalue weighted by Gasteiger charge is 2.41. The Morgan fingerprint density at radius 3 is 1.69 bits per heavy atom. The van der Waals surface area contributed by atoms with Crippen molar-refractivity contribution >= 4 is 35.4 Å². The Labute approximate surface area is 237 Å². The molecule has 0 heterocycles. The van der Waals surface area contributed by atoms with Gasteiger partial charge in [-0.1, -0.05) is 12.1 Å². The average Bonchev–Trinajstić information content (AvgIpc) is 3.00. The number of hydrazine groups is 1. The number of non-ortho nitro benzene ring substituents is 1. The molecule has 3 aromatic carbocycles. The lowest BCUT2D eigenvalue weighted by Crippen LogP contribution is -2.54. The summed E-state index contributed by atoms with van der Waals surface area (Å²) in [6, 6.07) is 15.3. The molecule has 42 heavy (non-hydrogen) atoms. The molecule has 0 fully saturated rings. The summed E-state index contributed by atoms with van der Waals surface area (Å²) in [5.74, 6) is -6.05. The second kappa shape index (κ2) is 13.9. The molecule has 3 N–H and O–H groups in total. The van der Waals surface area contributed by atoms with Gasteiger partial charge in [-0.2, -0.15) is 0 Å². The topological polar surface area (TPSA) is 210 Å². The highest BCUT2D eigenvalue weighted by atomic mass is 16.6. The van der Waals surface area contributed by atoms with E-state index in [0.29, 0.717) is 0 Å². The van der Waals surface area contributed by atoms with Crippen LogP contribution in [0.3, 0.4) is 0 Å². The average molecular weight is 581 g/mol. The summed E-state index contributed by atoms with van der Waals surface area (Å²) in [6.45, 7) is 0. The molecule has 0 aliphatic heterocycles. The minimum Gasteiger partial charge on any atom is -0.497 e. The second-order valence-corrected chi connectivity index (χ2v) is 8.20. The third-order valence-corrected chi connectivity index (χ3v) is 5.50. The van der Waals surface area contributed by atoms with Crippen LogP contribution < -0.4 is 20.3 Å². The number of ether oxygens (including phenoxy) is 4. The van der Waals surface area contributed by atoms with Gasteiger partial charge in [-0.05, 0) is 48.5 Å². The summed E-state index contributed by atoms with van der Waals surface area (Å²) in [6.07, 6.45) is -4.69. The lowest BCUT2D eigenvalue weighted by atomic mass is 10.1. The molecule has 3 aromatic rings. The number of hydrogen-bond donors (Lipinski definition) is 3. The number of esters is 2. The molecule has 3 rings (SSSR count). The Morgan fingerprint density at radius 2 is 1.24 bits per heavy atom. The van der Waals surface area contributed by atoms with Crippen LogP contribution in [0.25, 0.3) is 0 Å². The standard InChI is InChI=1S/C27H23N3O12/c1-39-19-7-3-5-16(13-19)26(35)41-21(22(25(33)34)42-27(36)17-6-4-8-20(14-17)40-2)24(32)29-28-23(31)15-9-11-18(12-10-15)30(37)38/h3-14,21-22H,1-2H3,(H,28,31)(H,29,32)(H,33,34)/t21-,22+/m1/s1. The number of methoxy groups -OCH3 is 2. The van der Waals surface area contributed by atoms with Gasteiger partial charge in [0.25, 0.3) is 17.5 Å².